The smallest absolute Gasteiger partial charge is 0.224 e. The number of carbonyl (C=O) groups excluding carboxylic acids is 1. The molecule has 1 heterocycles. The number of hydrogen-bond donors (Lipinski definition) is 1. The van der Waals surface area contributed by atoms with Crippen molar-refractivity contribution in [3.63, 3.8) is 0 Å². The average Bonchev–Trinajstić information content (AvgIpc) is 2.85. The summed E-state index contributed by atoms with van der Waals surface area (Å²) in [5.41, 5.74) is 2.56. The average molecular weight is 340 g/mol. The number of nitrogens with one attached hydrogen (secondary N) is 1. The van der Waals surface area contributed by atoms with E-state index in [0.717, 1.165) is 24.0 Å². The highest BCUT2D eigenvalue weighted by molar-refractivity contribution is 9.09. The third kappa shape index (κ3) is 2.39. The summed E-state index contributed by atoms with van der Waals surface area (Å²) in [4.78, 5) is 11.4. The first kappa shape index (κ1) is 14.1. The minimum absolute atomic E-state index is 0.0252. The van der Waals surface area contributed by atoms with Crippen LogP contribution in [0.5, 0.6) is 0 Å². The molecular weight excluding hydrogens is 321 g/mol. The van der Waals surface area contributed by atoms with Crippen molar-refractivity contribution in [2.24, 2.45) is 5.41 Å². The van der Waals surface area contributed by atoms with Crippen molar-refractivity contribution in [1.82, 2.24) is 0 Å². The number of halogens is 2. The Labute approximate surface area is 127 Å². The second kappa shape index (κ2) is 5.14. The number of carbonyl (C=O) groups is 1. The van der Waals surface area contributed by atoms with Gasteiger partial charge in [0.2, 0.25) is 5.91 Å². The molecule has 1 aromatic rings. The van der Waals surface area contributed by atoms with Crippen LogP contribution in [0.4, 0.5) is 10.1 Å². The fourth-order valence-corrected chi connectivity index (χ4v) is 4.24. The van der Waals surface area contributed by atoms with Crippen LogP contribution in [-0.4, -0.2) is 5.91 Å². The number of benzene rings is 1. The van der Waals surface area contributed by atoms with Gasteiger partial charge in [-0.25, -0.2) is 4.39 Å². The Morgan fingerprint density at radius 1 is 1.30 bits per heavy atom. The van der Waals surface area contributed by atoms with E-state index in [4.69, 9.17) is 0 Å². The first-order valence-electron chi connectivity index (χ1n) is 7.26. The third-order valence-electron chi connectivity index (χ3n) is 4.75. The number of fused-ring (bicyclic) bond motifs is 1. The molecule has 1 fully saturated rings. The predicted molar refractivity (Wildman–Crippen MR) is 81.6 cm³/mol. The SMILES string of the molecule is CC1(C(Br)c2cc3c(cc2F)NC(=O)CC3)CCCC1. The van der Waals surface area contributed by atoms with E-state index in [1.54, 1.807) is 0 Å². The lowest BCUT2D eigenvalue weighted by Gasteiger charge is -2.31. The van der Waals surface area contributed by atoms with Gasteiger partial charge in [0.15, 0.2) is 0 Å². The largest absolute Gasteiger partial charge is 0.326 e. The van der Waals surface area contributed by atoms with Crippen LogP contribution in [0, 0.1) is 11.2 Å². The molecule has 1 aromatic carbocycles. The van der Waals surface area contributed by atoms with Crippen molar-refractivity contribution >= 4 is 27.5 Å². The summed E-state index contributed by atoms with van der Waals surface area (Å²) in [6, 6.07) is 3.42. The first-order valence-corrected chi connectivity index (χ1v) is 8.17. The van der Waals surface area contributed by atoms with Crippen LogP contribution < -0.4 is 5.32 Å². The van der Waals surface area contributed by atoms with Crippen molar-refractivity contribution < 1.29 is 9.18 Å². The molecule has 3 rings (SSSR count). The van der Waals surface area contributed by atoms with E-state index in [1.807, 2.05) is 6.07 Å². The van der Waals surface area contributed by atoms with Crippen LogP contribution in [0.2, 0.25) is 0 Å². The Balaban J connectivity index is 1.96. The van der Waals surface area contributed by atoms with Crippen molar-refractivity contribution in [3.8, 4) is 0 Å². The molecule has 0 bridgehead atoms. The minimum atomic E-state index is -0.221. The van der Waals surface area contributed by atoms with Crippen molar-refractivity contribution in [2.45, 2.75) is 50.3 Å². The lowest BCUT2D eigenvalue weighted by molar-refractivity contribution is -0.116. The lowest BCUT2D eigenvalue weighted by atomic mass is 9.81. The molecule has 0 saturated heterocycles. The van der Waals surface area contributed by atoms with E-state index in [0.29, 0.717) is 18.5 Å². The van der Waals surface area contributed by atoms with Gasteiger partial charge in [0.1, 0.15) is 5.82 Å². The van der Waals surface area contributed by atoms with Crippen LogP contribution in [-0.2, 0) is 11.2 Å². The first-order chi connectivity index (χ1) is 9.49. The Morgan fingerprint density at radius 3 is 2.70 bits per heavy atom. The second-order valence-electron chi connectivity index (χ2n) is 6.30. The van der Waals surface area contributed by atoms with Crippen molar-refractivity contribution in [3.05, 3.63) is 29.1 Å². The molecule has 1 saturated carbocycles. The Bertz CT molecular complexity index is 552. The molecule has 1 aliphatic carbocycles. The fourth-order valence-electron chi connectivity index (χ4n) is 3.43. The van der Waals surface area contributed by atoms with Gasteiger partial charge in [0.05, 0.1) is 0 Å². The molecule has 0 spiro atoms. The summed E-state index contributed by atoms with van der Waals surface area (Å²) < 4.78 is 14.4. The monoisotopic (exact) mass is 339 g/mol. The molecule has 2 nitrogen and oxygen atoms in total. The lowest BCUT2D eigenvalue weighted by Crippen LogP contribution is -2.22. The minimum Gasteiger partial charge on any atom is -0.326 e. The maximum absolute atomic E-state index is 14.4. The second-order valence-corrected chi connectivity index (χ2v) is 7.22. The van der Waals surface area contributed by atoms with E-state index in [2.05, 4.69) is 28.2 Å². The van der Waals surface area contributed by atoms with Crippen LogP contribution in [0.15, 0.2) is 12.1 Å². The van der Waals surface area contributed by atoms with E-state index in [1.165, 1.54) is 18.9 Å². The van der Waals surface area contributed by atoms with Gasteiger partial charge >= 0.3 is 0 Å². The molecule has 0 radical (unpaired) electrons. The number of alkyl halides is 1. The Kier molecular flexibility index (Phi) is 3.61. The highest BCUT2D eigenvalue weighted by Gasteiger charge is 2.38. The zero-order valence-corrected chi connectivity index (χ0v) is 13.2. The van der Waals surface area contributed by atoms with E-state index >= 15 is 0 Å². The Hall–Kier alpha value is -0.900. The Morgan fingerprint density at radius 2 is 2.00 bits per heavy atom. The molecule has 1 atom stereocenters. The van der Waals surface area contributed by atoms with E-state index in [-0.39, 0.29) is 22.0 Å². The number of aryl methyl sites for hydroxylation is 1. The van der Waals surface area contributed by atoms with E-state index < -0.39 is 0 Å². The van der Waals surface area contributed by atoms with Crippen LogP contribution >= 0.6 is 15.9 Å². The topological polar surface area (TPSA) is 29.1 Å². The van der Waals surface area contributed by atoms with Crippen LogP contribution in [0.1, 0.15) is 55.0 Å². The zero-order chi connectivity index (χ0) is 14.3. The fraction of sp³-hybridized carbons (Fsp3) is 0.562. The third-order valence-corrected chi connectivity index (χ3v) is 6.35. The molecule has 2 aliphatic rings. The van der Waals surface area contributed by atoms with Gasteiger partial charge in [0.25, 0.3) is 0 Å². The summed E-state index contributed by atoms with van der Waals surface area (Å²) in [5.74, 6) is -0.247. The van der Waals surface area contributed by atoms with E-state index in [9.17, 15) is 9.18 Å². The molecular formula is C16H19BrFNO. The van der Waals surface area contributed by atoms with Gasteiger partial charge in [-0.1, -0.05) is 35.7 Å². The highest BCUT2D eigenvalue weighted by Crippen LogP contribution is 2.52. The zero-order valence-electron chi connectivity index (χ0n) is 11.6. The summed E-state index contributed by atoms with van der Waals surface area (Å²) in [5, 5.41) is 2.75. The molecule has 0 aromatic heterocycles. The number of anilines is 1. The molecule has 1 unspecified atom stereocenters. The van der Waals surface area contributed by atoms with Crippen LogP contribution in [0.25, 0.3) is 0 Å². The maximum atomic E-state index is 14.4. The summed E-state index contributed by atoms with van der Waals surface area (Å²) in [6.07, 6.45) is 5.90. The quantitative estimate of drug-likeness (QED) is 0.775. The number of amides is 1. The number of rotatable bonds is 2. The van der Waals surface area contributed by atoms with Gasteiger partial charge in [0, 0.05) is 22.5 Å². The van der Waals surface area contributed by atoms with Gasteiger partial charge in [-0.15, -0.1) is 0 Å². The van der Waals surface area contributed by atoms with Gasteiger partial charge in [-0.05, 0) is 42.4 Å². The summed E-state index contributed by atoms with van der Waals surface area (Å²) in [6.45, 7) is 2.24. The van der Waals surface area contributed by atoms with Gasteiger partial charge in [-0.2, -0.15) is 0 Å². The molecule has 1 N–H and O–H groups in total. The normalized spacial score (nSPS) is 22.2. The standard InChI is InChI=1S/C16H19BrFNO/c1-16(6-2-3-7-16)15(17)11-8-10-4-5-14(20)19-13(10)9-12(11)18/h8-9,15H,2-7H2,1H3,(H,19,20). The number of hydrogen-bond acceptors (Lipinski definition) is 1. The van der Waals surface area contributed by atoms with Gasteiger partial charge < -0.3 is 5.32 Å². The summed E-state index contributed by atoms with van der Waals surface area (Å²) in [7, 11) is 0. The molecule has 4 heteroatoms. The maximum Gasteiger partial charge on any atom is 0.224 e. The predicted octanol–water partition coefficient (Wildman–Crippen LogP) is 4.73. The van der Waals surface area contributed by atoms with Gasteiger partial charge in [-0.3, -0.25) is 4.79 Å². The molecule has 108 valence electrons. The molecule has 1 aliphatic heterocycles. The summed E-state index contributed by atoms with van der Waals surface area (Å²) >= 11 is 3.73. The highest BCUT2D eigenvalue weighted by atomic mass is 79.9. The van der Waals surface area contributed by atoms with Crippen molar-refractivity contribution in [1.29, 1.82) is 0 Å². The molecule has 20 heavy (non-hydrogen) atoms. The van der Waals surface area contributed by atoms with Crippen molar-refractivity contribution in [2.75, 3.05) is 5.32 Å². The van der Waals surface area contributed by atoms with Crippen LogP contribution in [0.3, 0.4) is 0 Å². The molecule has 1 amide bonds.